The van der Waals surface area contributed by atoms with E-state index in [0.717, 1.165) is 22.7 Å². The van der Waals surface area contributed by atoms with Crippen LogP contribution in [0.5, 0.6) is 5.75 Å². The second-order valence-electron chi connectivity index (χ2n) is 7.33. The molecule has 0 fully saturated rings. The van der Waals surface area contributed by atoms with Crippen LogP contribution in [0.1, 0.15) is 35.9 Å². The van der Waals surface area contributed by atoms with E-state index < -0.39 is 17.7 Å². The van der Waals surface area contributed by atoms with Gasteiger partial charge in [0.1, 0.15) is 10.8 Å². The summed E-state index contributed by atoms with van der Waals surface area (Å²) in [6.07, 6.45) is 0.413. The summed E-state index contributed by atoms with van der Waals surface area (Å²) in [5.41, 5.74) is 0.472. The summed E-state index contributed by atoms with van der Waals surface area (Å²) in [4.78, 5) is 20.9. The zero-order valence-electron chi connectivity index (χ0n) is 17.2. The van der Waals surface area contributed by atoms with Gasteiger partial charge in [-0.05, 0) is 50.3 Å². The van der Waals surface area contributed by atoms with Gasteiger partial charge in [-0.3, -0.25) is 4.99 Å². The van der Waals surface area contributed by atoms with Gasteiger partial charge >= 0.3 is 12.1 Å². The van der Waals surface area contributed by atoms with E-state index >= 15 is 0 Å². The molecular weight excluding hydrogens is 429 g/mol. The van der Waals surface area contributed by atoms with Crippen molar-refractivity contribution in [2.24, 2.45) is 10.9 Å². The largest absolute Gasteiger partial charge is 0.494 e. The summed E-state index contributed by atoms with van der Waals surface area (Å²) in [6, 6.07) is 3.67. The summed E-state index contributed by atoms with van der Waals surface area (Å²) in [6.45, 7) is 4.59. The number of carboxylic acid groups (broad SMARTS) is 1. The quantitative estimate of drug-likeness (QED) is 0.596. The molecule has 0 radical (unpaired) electrons. The van der Waals surface area contributed by atoms with Crippen LogP contribution in [0, 0.1) is 12.8 Å². The fraction of sp³-hybridized carbons (Fsp3) is 0.409. The second kappa shape index (κ2) is 9.64. The maximum absolute atomic E-state index is 13.4. The van der Waals surface area contributed by atoms with Gasteiger partial charge in [-0.15, -0.1) is 11.3 Å². The molecule has 1 aromatic heterocycles. The number of hydrogen-bond donors (Lipinski definition) is 1. The van der Waals surface area contributed by atoms with Gasteiger partial charge < -0.3 is 9.84 Å². The highest BCUT2D eigenvalue weighted by atomic mass is 32.1. The molecule has 1 N–H and O–H groups in total. The molecule has 31 heavy (non-hydrogen) atoms. The lowest BCUT2D eigenvalue weighted by Gasteiger charge is -2.12. The molecule has 166 valence electrons. The smallest absolute Gasteiger partial charge is 0.416 e. The second-order valence-corrected chi connectivity index (χ2v) is 8.53. The number of aliphatic imine (C=N–C) groups is 1. The number of halogens is 3. The first-order valence-corrected chi connectivity index (χ1v) is 10.8. The number of carboxylic acids is 1. The Morgan fingerprint density at radius 1 is 1.32 bits per heavy atom. The van der Waals surface area contributed by atoms with E-state index in [-0.39, 0.29) is 17.2 Å². The molecule has 1 atom stereocenters. The van der Waals surface area contributed by atoms with Crippen LogP contribution in [-0.2, 0) is 17.4 Å². The van der Waals surface area contributed by atoms with Crippen LogP contribution in [0.4, 0.5) is 13.2 Å². The van der Waals surface area contributed by atoms with Gasteiger partial charge in [0.2, 0.25) is 0 Å². The Bertz CT molecular complexity index is 1010. The molecular formula is C22H23F3N2O3S. The minimum atomic E-state index is -4.49. The Morgan fingerprint density at radius 3 is 2.77 bits per heavy atom. The summed E-state index contributed by atoms with van der Waals surface area (Å²) < 4.78 is 45.6. The van der Waals surface area contributed by atoms with Crippen LogP contribution in [0.2, 0.25) is 0 Å². The van der Waals surface area contributed by atoms with E-state index in [1.54, 1.807) is 12.1 Å². The van der Waals surface area contributed by atoms with Crippen LogP contribution in [-0.4, -0.2) is 35.4 Å². The highest BCUT2D eigenvalue weighted by Gasteiger charge is 2.32. The van der Waals surface area contributed by atoms with E-state index in [0.29, 0.717) is 43.0 Å². The molecule has 3 rings (SSSR count). The number of aliphatic carboxylic acids is 1. The third-order valence-corrected chi connectivity index (χ3v) is 5.89. The molecule has 0 saturated heterocycles. The Kier molecular flexibility index (Phi) is 7.15. The molecule has 5 nitrogen and oxygen atoms in total. The lowest BCUT2D eigenvalue weighted by Crippen LogP contribution is -2.07. The van der Waals surface area contributed by atoms with Crippen molar-refractivity contribution in [1.82, 2.24) is 4.98 Å². The topological polar surface area (TPSA) is 71.8 Å². The van der Waals surface area contributed by atoms with Gasteiger partial charge in [-0.25, -0.2) is 9.78 Å². The third kappa shape index (κ3) is 5.94. The number of aromatic nitrogens is 1. The van der Waals surface area contributed by atoms with Crippen LogP contribution in [0.25, 0.3) is 10.6 Å². The molecule has 1 aromatic carbocycles. The van der Waals surface area contributed by atoms with Gasteiger partial charge in [0.25, 0.3) is 0 Å². The van der Waals surface area contributed by atoms with E-state index in [1.807, 2.05) is 13.8 Å². The summed E-state index contributed by atoms with van der Waals surface area (Å²) >= 11 is 1.32. The number of ether oxygens (including phenoxy) is 1. The fourth-order valence-corrected chi connectivity index (χ4v) is 4.18. The van der Waals surface area contributed by atoms with Crippen LogP contribution < -0.4 is 4.74 Å². The van der Waals surface area contributed by atoms with Crippen molar-refractivity contribution in [3.05, 3.63) is 46.0 Å². The molecule has 2 aromatic rings. The molecule has 0 bridgehead atoms. The fourth-order valence-electron chi connectivity index (χ4n) is 3.25. The Balaban J connectivity index is 1.91. The predicted octanol–water partition coefficient (Wildman–Crippen LogP) is 5.57. The molecule has 9 heteroatoms. The number of alkyl halides is 3. The van der Waals surface area contributed by atoms with Gasteiger partial charge in [0, 0.05) is 23.2 Å². The average molecular weight is 452 g/mol. The lowest BCUT2D eigenvalue weighted by atomic mass is 9.97. The molecule has 1 unspecified atom stereocenters. The molecule has 0 saturated carbocycles. The SMILES string of the molecule is CCCOc1cc(-c2nc(CC3C=C(C(=O)O)C=NCC3)c(C)s2)cc(C(F)(F)F)c1. The van der Waals surface area contributed by atoms with Crippen LogP contribution in [0.15, 0.2) is 34.8 Å². The molecule has 1 aliphatic heterocycles. The number of thiazole rings is 1. The number of nitrogens with zero attached hydrogens (tertiary/aromatic N) is 2. The van der Waals surface area contributed by atoms with Crippen molar-refractivity contribution >= 4 is 23.5 Å². The van der Waals surface area contributed by atoms with Gasteiger partial charge in [0.15, 0.2) is 0 Å². The van der Waals surface area contributed by atoms with E-state index in [1.165, 1.54) is 17.6 Å². The van der Waals surface area contributed by atoms with Crippen molar-refractivity contribution in [3.63, 3.8) is 0 Å². The normalized spacial score (nSPS) is 16.7. The lowest BCUT2D eigenvalue weighted by molar-refractivity contribution is -0.137. The minimum absolute atomic E-state index is 0.0628. The highest BCUT2D eigenvalue weighted by molar-refractivity contribution is 7.15. The van der Waals surface area contributed by atoms with Crippen molar-refractivity contribution in [2.45, 2.75) is 39.3 Å². The van der Waals surface area contributed by atoms with Gasteiger partial charge in [0.05, 0.1) is 23.4 Å². The first-order chi connectivity index (χ1) is 14.7. The van der Waals surface area contributed by atoms with Crippen molar-refractivity contribution in [3.8, 4) is 16.3 Å². The van der Waals surface area contributed by atoms with E-state index in [4.69, 9.17) is 4.74 Å². The van der Waals surface area contributed by atoms with Crippen molar-refractivity contribution in [1.29, 1.82) is 0 Å². The zero-order chi connectivity index (χ0) is 22.6. The number of aryl methyl sites for hydroxylation is 1. The Morgan fingerprint density at radius 2 is 2.10 bits per heavy atom. The standard InChI is InChI=1S/C22H23F3N2O3S/c1-3-6-30-18-10-15(9-17(11-18)22(23,24)25)20-27-19(13(2)31-20)8-14-4-5-26-12-16(7-14)21(28)29/h7,9-12,14H,3-6,8H2,1-2H3,(H,28,29). The molecule has 0 spiro atoms. The predicted molar refractivity (Wildman–Crippen MR) is 114 cm³/mol. The Hall–Kier alpha value is -2.68. The first-order valence-electron chi connectivity index (χ1n) is 9.94. The number of hydrogen-bond acceptors (Lipinski definition) is 5. The maximum atomic E-state index is 13.4. The van der Waals surface area contributed by atoms with E-state index in [9.17, 15) is 23.1 Å². The summed E-state index contributed by atoms with van der Waals surface area (Å²) in [5, 5.41) is 9.74. The first kappa shape index (κ1) is 23.0. The number of carbonyl (C=O) groups is 1. The molecule has 2 heterocycles. The number of benzene rings is 1. The Labute approximate surface area is 182 Å². The number of allylic oxidation sites excluding steroid dienone is 1. The van der Waals surface area contributed by atoms with E-state index in [2.05, 4.69) is 9.98 Å². The molecule has 0 amide bonds. The molecule has 1 aliphatic rings. The van der Waals surface area contributed by atoms with Gasteiger partial charge in [-0.1, -0.05) is 13.0 Å². The van der Waals surface area contributed by atoms with Crippen LogP contribution >= 0.6 is 11.3 Å². The summed E-state index contributed by atoms with van der Waals surface area (Å²) in [5.74, 6) is -0.932. The minimum Gasteiger partial charge on any atom is -0.494 e. The monoisotopic (exact) mass is 452 g/mol. The highest BCUT2D eigenvalue weighted by Crippen LogP contribution is 2.38. The average Bonchev–Trinajstić information content (AvgIpc) is 2.91. The van der Waals surface area contributed by atoms with Crippen molar-refractivity contribution in [2.75, 3.05) is 13.2 Å². The molecule has 0 aliphatic carbocycles. The van der Waals surface area contributed by atoms with Gasteiger partial charge in [-0.2, -0.15) is 13.2 Å². The van der Waals surface area contributed by atoms with Crippen molar-refractivity contribution < 1.29 is 27.8 Å². The third-order valence-electron chi connectivity index (χ3n) is 4.82. The summed E-state index contributed by atoms with van der Waals surface area (Å²) in [7, 11) is 0. The van der Waals surface area contributed by atoms with Crippen LogP contribution in [0.3, 0.4) is 0 Å². The number of rotatable bonds is 7. The maximum Gasteiger partial charge on any atom is 0.416 e. The zero-order valence-corrected chi connectivity index (χ0v) is 18.0.